The van der Waals surface area contributed by atoms with Gasteiger partial charge in [0, 0.05) is 62.5 Å². The lowest BCUT2D eigenvalue weighted by atomic mass is 9.82. The number of benzene rings is 2. The van der Waals surface area contributed by atoms with Crippen molar-refractivity contribution in [1.29, 1.82) is 0 Å². The highest BCUT2D eigenvalue weighted by Gasteiger charge is 2.40. The molecule has 2 aromatic carbocycles. The highest BCUT2D eigenvalue weighted by molar-refractivity contribution is 5.97. The number of carboxylic acids is 2. The molecule has 0 saturated heterocycles. The Morgan fingerprint density at radius 3 is 1.82 bits per heavy atom. The minimum atomic E-state index is -5.08. The van der Waals surface area contributed by atoms with Crippen LogP contribution in [0.1, 0.15) is 117 Å². The zero-order valence-electron chi connectivity index (χ0n) is 49.8. The highest BCUT2D eigenvalue weighted by Crippen LogP contribution is 2.41. The molecule has 1 aromatic heterocycles. The van der Waals surface area contributed by atoms with Gasteiger partial charge in [0.15, 0.2) is 0 Å². The van der Waals surface area contributed by atoms with Crippen LogP contribution in [0.2, 0.25) is 0 Å². The summed E-state index contributed by atoms with van der Waals surface area (Å²) in [6.45, 7) is 8.25. The normalized spacial score (nSPS) is 13.7. The van der Waals surface area contributed by atoms with Gasteiger partial charge in [-0.3, -0.25) is 47.9 Å². The van der Waals surface area contributed by atoms with E-state index in [0.717, 1.165) is 23.8 Å². The Bertz CT molecular complexity index is 2870. The predicted octanol–water partition coefficient (Wildman–Crippen LogP) is 1.11. The number of alkyl halides is 3. The van der Waals surface area contributed by atoms with Crippen molar-refractivity contribution in [3.8, 4) is 11.1 Å². The van der Waals surface area contributed by atoms with E-state index in [2.05, 4.69) is 37.2 Å². The summed E-state index contributed by atoms with van der Waals surface area (Å²) in [4.78, 5) is 141. The smallest absolute Gasteiger partial charge is 0.480 e. The molecule has 88 heavy (non-hydrogen) atoms. The van der Waals surface area contributed by atoms with E-state index >= 15 is 4.39 Å². The molecule has 31 heteroatoms. The molecular formula is C57H81F5N12O14. The quantitative estimate of drug-likeness (QED) is 0.0294. The van der Waals surface area contributed by atoms with E-state index in [1.807, 2.05) is 30.3 Å². The molecule has 0 fully saturated rings. The largest absolute Gasteiger partial charge is 0.490 e. The minimum Gasteiger partial charge on any atom is -0.480 e. The van der Waals surface area contributed by atoms with Crippen molar-refractivity contribution < 1.29 is 90.0 Å². The van der Waals surface area contributed by atoms with Gasteiger partial charge in [-0.15, -0.1) is 0 Å². The fourth-order valence-corrected chi connectivity index (χ4v) is 8.76. The lowest BCUT2D eigenvalue weighted by Crippen LogP contribution is -2.59. The zero-order chi connectivity index (χ0) is 66.6. The number of nitrogens with two attached hydrogens (primary N) is 3. The number of primary amides is 1. The van der Waals surface area contributed by atoms with Gasteiger partial charge in [-0.1, -0.05) is 51.1 Å². The molecule has 7 atom stereocenters. The Morgan fingerprint density at radius 1 is 0.693 bits per heavy atom. The van der Waals surface area contributed by atoms with E-state index < -0.39 is 150 Å². The van der Waals surface area contributed by atoms with Crippen LogP contribution in [0.4, 0.5) is 22.0 Å². The number of nitrogens with one attached hydrogen (secondary N) is 7. The standard InChI is InChI=1S/C55H80F2N12O12.C2HF3O2/c1-32(64-52(78)41(65-34(3)71)17-10-12-22-58)49(75)63-33(2)50(76)67-43(28-45(60)72)53(79)66-42(51(77)62-24-20-46(73)61-23-13-11-16-40(59)54(80)81)21-25-69(47(74)31-70)48(55(4,5)6)44-26-36(38-27-37(56)18-19-39(38)57)30-68(44)29-35-14-8-7-9-15-35;3-2(4,5)1(6)7/h7-9,14-15,18-19,26-27,30,32-33,40-43,48,70H,10-13,16-17,20-25,28-29,31,58-59H2,1-6H3,(H2,60,72)(H,61,73)(H,62,77)(H,63,75)(H,64,78)(H,65,71)(H,66,79)(H,67,76)(H,80,81);(H,6,7)/t32-,33-,40-,41-,42-,43-,48-;/m0./s1. The van der Waals surface area contributed by atoms with Gasteiger partial charge in [-0.25, -0.2) is 13.6 Å². The fourth-order valence-electron chi connectivity index (χ4n) is 8.76. The summed E-state index contributed by atoms with van der Waals surface area (Å²) in [6, 6.07) is 4.70. The number of rotatable bonds is 34. The Hall–Kier alpha value is -8.58. The zero-order valence-corrected chi connectivity index (χ0v) is 49.8. The average molecular weight is 1250 g/mol. The Balaban J connectivity index is 0.00000354. The molecule has 9 amide bonds. The molecule has 0 unspecified atom stereocenters. The summed E-state index contributed by atoms with van der Waals surface area (Å²) in [5.74, 6) is -12.7. The number of unbranched alkanes of at least 4 members (excludes halogenated alkanes) is 2. The van der Waals surface area contributed by atoms with E-state index in [9.17, 15) is 70.6 Å². The van der Waals surface area contributed by atoms with Crippen LogP contribution in [-0.2, 0) is 59.3 Å². The summed E-state index contributed by atoms with van der Waals surface area (Å²) in [6.07, 6.45) is -2.64. The maximum absolute atomic E-state index is 15.4. The van der Waals surface area contributed by atoms with E-state index in [1.165, 1.54) is 25.7 Å². The summed E-state index contributed by atoms with van der Waals surface area (Å²) in [7, 11) is 0. The van der Waals surface area contributed by atoms with Crippen LogP contribution in [0, 0.1) is 17.0 Å². The molecular weight excluding hydrogens is 1170 g/mol. The first-order valence-corrected chi connectivity index (χ1v) is 28.0. The molecule has 16 N–H and O–H groups in total. The van der Waals surface area contributed by atoms with E-state index in [0.29, 0.717) is 37.9 Å². The van der Waals surface area contributed by atoms with Crippen LogP contribution >= 0.6 is 0 Å². The lowest BCUT2D eigenvalue weighted by Gasteiger charge is -2.41. The summed E-state index contributed by atoms with van der Waals surface area (Å²) < 4.78 is 63.6. The molecule has 0 radical (unpaired) electrons. The third-order valence-electron chi connectivity index (χ3n) is 13.2. The number of carbonyl (C=O) groups excluding carboxylic acids is 9. The van der Waals surface area contributed by atoms with Crippen molar-refractivity contribution in [1.82, 2.24) is 46.7 Å². The van der Waals surface area contributed by atoms with E-state index in [4.69, 9.17) is 32.2 Å². The van der Waals surface area contributed by atoms with Crippen molar-refractivity contribution in [2.45, 2.75) is 154 Å². The Labute approximate surface area is 505 Å². The Morgan fingerprint density at radius 2 is 1.26 bits per heavy atom. The number of hydrogen-bond acceptors (Lipinski definition) is 14. The van der Waals surface area contributed by atoms with Gasteiger partial charge in [-0.05, 0) is 101 Å². The number of hydrogen-bond donors (Lipinski definition) is 13. The molecule has 0 aliphatic carbocycles. The summed E-state index contributed by atoms with van der Waals surface area (Å²) in [5, 5.41) is 44.2. The molecule has 0 aliphatic heterocycles. The minimum absolute atomic E-state index is 0.0694. The third kappa shape index (κ3) is 26.6. The second kappa shape index (κ2) is 36.5. The topological polar surface area (TPSA) is 419 Å². The molecule has 1 heterocycles. The molecule has 26 nitrogen and oxygen atoms in total. The van der Waals surface area contributed by atoms with Crippen molar-refractivity contribution >= 4 is 65.1 Å². The van der Waals surface area contributed by atoms with Gasteiger partial charge in [0.1, 0.15) is 54.5 Å². The first-order valence-electron chi connectivity index (χ1n) is 28.0. The SMILES string of the molecule is CC(=O)N[C@@H](CCCCN)C(=O)N[C@@H](C)C(=O)N[C@@H](C)C(=O)N[C@@H](CC(N)=O)C(=O)N[C@@H](CCN(C(=O)CO)[C@@H](c1cc(-c2cc(F)ccc2F)cn1Cc1ccccc1)C(C)(C)C)C(=O)NCCC(=O)NCCCC[C@H](N)C(=O)O.O=C(O)C(F)(F)F. The first kappa shape index (κ1) is 75.5. The number of aliphatic carboxylic acids is 2. The van der Waals surface area contributed by atoms with E-state index in [1.54, 1.807) is 37.6 Å². The van der Waals surface area contributed by atoms with Crippen molar-refractivity contribution in [2.75, 3.05) is 32.8 Å². The van der Waals surface area contributed by atoms with Gasteiger partial charge < -0.3 is 79.2 Å². The number of carbonyl (C=O) groups is 11. The van der Waals surface area contributed by atoms with Crippen LogP contribution in [-0.4, -0.2) is 165 Å². The number of halogens is 5. The molecule has 0 spiro atoms. The molecule has 488 valence electrons. The monoisotopic (exact) mass is 1250 g/mol. The molecule has 3 aromatic rings. The highest BCUT2D eigenvalue weighted by atomic mass is 19.4. The lowest BCUT2D eigenvalue weighted by molar-refractivity contribution is -0.192. The summed E-state index contributed by atoms with van der Waals surface area (Å²) in [5.41, 5.74) is 17.1. The molecule has 0 aliphatic rings. The van der Waals surface area contributed by atoms with Crippen molar-refractivity contribution in [3.63, 3.8) is 0 Å². The van der Waals surface area contributed by atoms with Crippen LogP contribution in [0.25, 0.3) is 11.1 Å². The van der Waals surface area contributed by atoms with E-state index in [-0.39, 0.29) is 56.6 Å². The van der Waals surface area contributed by atoms with Gasteiger partial charge in [0.05, 0.1) is 12.5 Å². The Kier molecular flexibility index (Phi) is 31.4. The number of amides is 9. The number of aliphatic hydroxyl groups excluding tert-OH is 1. The average Bonchev–Trinajstić information content (AvgIpc) is 2.43. The fraction of sp³-hybridized carbons (Fsp3) is 0.526. The second-order valence-corrected chi connectivity index (χ2v) is 21.6. The predicted molar refractivity (Wildman–Crippen MR) is 308 cm³/mol. The molecule has 3 rings (SSSR count). The maximum Gasteiger partial charge on any atom is 0.490 e. The van der Waals surface area contributed by atoms with Gasteiger partial charge >= 0.3 is 18.1 Å². The van der Waals surface area contributed by atoms with Crippen molar-refractivity contribution in [3.05, 3.63) is 83.7 Å². The van der Waals surface area contributed by atoms with Crippen LogP contribution in [0.5, 0.6) is 0 Å². The molecule has 0 bridgehead atoms. The van der Waals surface area contributed by atoms with Crippen LogP contribution in [0.3, 0.4) is 0 Å². The number of aliphatic hydroxyl groups is 1. The summed E-state index contributed by atoms with van der Waals surface area (Å²) >= 11 is 0. The number of carboxylic acid groups (broad SMARTS) is 2. The van der Waals surface area contributed by atoms with Gasteiger partial charge in [0.2, 0.25) is 53.2 Å². The first-order chi connectivity index (χ1) is 41.1. The molecule has 0 saturated carbocycles. The maximum atomic E-state index is 15.4. The van der Waals surface area contributed by atoms with Crippen molar-refractivity contribution in [2.24, 2.45) is 22.6 Å². The second-order valence-electron chi connectivity index (χ2n) is 21.6. The number of aromatic nitrogens is 1. The van der Waals surface area contributed by atoms with Gasteiger partial charge in [0.25, 0.3) is 0 Å². The van der Waals surface area contributed by atoms with Gasteiger partial charge in [-0.2, -0.15) is 13.2 Å². The van der Waals surface area contributed by atoms with Crippen LogP contribution < -0.4 is 54.4 Å². The van der Waals surface area contributed by atoms with Crippen LogP contribution in [0.15, 0.2) is 60.8 Å². The number of nitrogens with zero attached hydrogens (tertiary/aromatic N) is 2. The third-order valence-corrected chi connectivity index (χ3v) is 13.2.